The van der Waals surface area contributed by atoms with Crippen LogP contribution >= 0.6 is 0 Å². The molecular formula is C13H18N2O5S. The van der Waals surface area contributed by atoms with Gasteiger partial charge in [0.1, 0.15) is 6.54 Å². The maximum atomic E-state index is 11.7. The highest BCUT2D eigenvalue weighted by Gasteiger charge is 2.13. The summed E-state index contributed by atoms with van der Waals surface area (Å²) in [4.78, 5) is 22.7. The lowest BCUT2D eigenvalue weighted by Gasteiger charge is -2.07. The average molecular weight is 314 g/mol. The highest BCUT2D eigenvalue weighted by molar-refractivity contribution is 7.89. The van der Waals surface area contributed by atoms with E-state index < -0.39 is 22.5 Å². The summed E-state index contributed by atoms with van der Waals surface area (Å²) < 4.78 is 29.9. The van der Waals surface area contributed by atoms with Crippen LogP contribution in [0.2, 0.25) is 0 Å². The van der Waals surface area contributed by atoms with Gasteiger partial charge in [-0.3, -0.25) is 9.59 Å². The van der Waals surface area contributed by atoms with Gasteiger partial charge in [0.15, 0.2) is 0 Å². The summed E-state index contributed by atoms with van der Waals surface area (Å²) in [6.07, 6.45) is 0. The highest BCUT2D eigenvalue weighted by atomic mass is 32.2. The summed E-state index contributed by atoms with van der Waals surface area (Å²) in [6.45, 7) is 1.36. The number of benzene rings is 1. The Hall–Kier alpha value is -1.93. The first-order valence-electron chi connectivity index (χ1n) is 6.41. The molecule has 0 atom stereocenters. The van der Waals surface area contributed by atoms with Gasteiger partial charge in [-0.2, -0.15) is 0 Å². The average Bonchev–Trinajstić information content (AvgIpc) is 2.46. The minimum atomic E-state index is -3.64. The molecule has 0 bridgehead atoms. The van der Waals surface area contributed by atoms with Crippen LogP contribution in [0.5, 0.6) is 0 Å². The quantitative estimate of drug-likeness (QED) is 0.652. The number of carbonyl (C=O) groups is 2. The summed E-state index contributed by atoms with van der Waals surface area (Å²) in [6, 6.07) is 8.46. The van der Waals surface area contributed by atoms with Gasteiger partial charge < -0.3 is 10.1 Å². The topological polar surface area (TPSA) is 102 Å². The van der Waals surface area contributed by atoms with Gasteiger partial charge in [0.2, 0.25) is 10.0 Å². The number of carbonyl (C=O) groups excluding carboxylic acids is 2. The van der Waals surface area contributed by atoms with E-state index in [0.29, 0.717) is 5.56 Å². The third kappa shape index (κ3) is 6.87. The fourth-order valence-corrected chi connectivity index (χ4v) is 2.30. The predicted molar refractivity (Wildman–Crippen MR) is 77.2 cm³/mol. The van der Waals surface area contributed by atoms with Crippen molar-refractivity contribution in [2.75, 3.05) is 25.4 Å². The predicted octanol–water partition coefficient (Wildman–Crippen LogP) is -0.101. The largest absolute Gasteiger partial charge is 0.465 e. The van der Waals surface area contributed by atoms with Crippen LogP contribution in [0.4, 0.5) is 0 Å². The number of nitrogens with one attached hydrogen (secondary N) is 2. The molecule has 1 amide bonds. The monoisotopic (exact) mass is 314 g/mol. The third-order valence-corrected chi connectivity index (χ3v) is 3.76. The molecular weight excluding hydrogens is 296 g/mol. The summed E-state index contributed by atoms with van der Waals surface area (Å²) in [5.41, 5.74) is 0.453. The van der Waals surface area contributed by atoms with E-state index in [1.807, 2.05) is 0 Å². The summed E-state index contributed by atoms with van der Waals surface area (Å²) in [7, 11) is -3.64. The molecule has 8 heteroatoms. The minimum absolute atomic E-state index is 0.0497. The molecule has 0 aliphatic rings. The van der Waals surface area contributed by atoms with Crippen LogP contribution in [-0.4, -0.2) is 45.7 Å². The normalized spacial score (nSPS) is 10.9. The Kier molecular flexibility index (Phi) is 6.83. The van der Waals surface area contributed by atoms with Crippen molar-refractivity contribution in [3.05, 3.63) is 35.9 Å². The van der Waals surface area contributed by atoms with Crippen LogP contribution in [0.3, 0.4) is 0 Å². The molecule has 2 N–H and O–H groups in total. The zero-order chi connectivity index (χ0) is 15.7. The van der Waals surface area contributed by atoms with Crippen LogP contribution in [-0.2, 0) is 19.6 Å². The van der Waals surface area contributed by atoms with E-state index in [1.54, 1.807) is 37.3 Å². The molecule has 0 aliphatic carbocycles. The van der Waals surface area contributed by atoms with Crippen molar-refractivity contribution in [2.24, 2.45) is 0 Å². The Morgan fingerprint density at radius 2 is 1.86 bits per heavy atom. The SMILES string of the molecule is CCOC(=O)CNS(=O)(=O)CCNC(=O)c1ccccc1. The number of rotatable bonds is 8. The molecule has 1 aromatic carbocycles. The van der Waals surface area contributed by atoms with E-state index in [4.69, 9.17) is 0 Å². The standard InChI is InChI=1S/C13H18N2O5S/c1-2-20-12(16)10-15-21(18,19)9-8-14-13(17)11-6-4-3-5-7-11/h3-7,15H,2,8-10H2,1H3,(H,14,17). The van der Waals surface area contributed by atoms with Crippen LogP contribution in [0.15, 0.2) is 30.3 Å². The molecule has 21 heavy (non-hydrogen) atoms. The zero-order valence-electron chi connectivity index (χ0n) is 11.7. The second-order valence-corrected chi connectivity index (χ2v) is 5.99. The molecule has 0 aromatic heterocycles. The lowest BCUT2D eigenvalue weighted by Crippen LogP contribution is -2.37. The summed E-state index contributed by atoms with van der Waals surface area (Å²) in [5, 5.41) is 2.49. The fraction of sp³-hybridized carbons (Fsp3) is 0.385. The van der Waals surface area contributed by atoms with Crippen molar-refractivity contribution in [2.45, 2.75) is 6.92 Å². The minimum Gasteiger partial charge on any atom is -0.465 e. The molecule has 7 nitrogen and oxygen atoms in total. The molecule has 0 fully saturated rings. The van der Waals surface area contributed by atoms with Gasteiger partial charge in [0.05, 0.1) is 12.4 Å². The van der Waals surface area contributed by atoms with Crippen LogP contribution in [0.25, 0.3) is 0 Å². The Balaban J connectivity index is 2.34. The van der Waals surface area contributed by atoms with Gasteiger partial charge in [-0.1, -0.05) is 18.2 Å². The van der Waals surface area contributed by atoms with Gasteiger partial charge in [-0.25, -0.2) is 13.1 Å². The molecule has 116 valence electrons. The number of amides is 1. The van der Waals surface area contributed by atoms with E-state index >= 15 is 0 Å². The number of sulfonamides is 1. The van der Waals surface area contributed by atoms with E-state index in [-0.39, 0.29) is 24.8 Å². The van der Waals surface area contributed by atoms with Crippen LogP contribution in [0, 0.1) is 0 Å². The first-order valence-corrected chi connectivity index (χ1v) is 8.06. The Morgan fingerprint density at radius 3 is 2.48 bits per heavy atom. The lowest BCUT2D eigenvalue weighted by molar-refractivity contribution is -0.141. The van der Waals surface area contributed by atoms with Gasteiger partial charge in [-0.15, -0.1) is 0 Å². The number of hydrogen-bond donors (Lipinski definition) is 2. The Bertz CT molecular complexity index is 571. The van der Waals surface area contributed by atoms with Crippen molar-refractivity contribution < 1.29 is 22.7 Å². The smallest absolute Gasteiger partial charge is 0.320 e. The zero-order valence-corrected chi connectivity index (χ0v) is 12.5. The van der Waals surface area contributed by atoms with Crippen LogP contribution < -0.4 is 10.0 Å². The van der Waals surface area contributed by atoms with Crippen molar-refractivity contribution in [1.82, 2.24) is 10.0 Å². The van der Waals surface area contributed by atoms with Crippen LogP contribution in [0.1, 0.15) is 17.3 Å². The molecule has 0 aliphatic heterocycles. The molecule has 0 saturated heterocycles. The first kappa shape index (κ1) is 17.1. The molecule has 0 heterocycles. The van der Waals surface area contributed by atoms with Gasteiger partial charge in [-0.05, 0) is 19.1 Å². The number of ether oxygens (including phenoxy) is 1. The Morgan fingerprint density at radius 1 is 1.19 bits per heavy atom. The molecule has 0 unspecified atom stereocenters. The van der Waals surface area contributed by atoms with Gasteiger partial charge >= 0.3 is 5.97 Å². The molecule has 1 aromatic rings. The maximum Gasteiger partial charge on any atom is 0.320 e. The third-order valence-electron chi connectivity index (χ3n) is 2.43. The van der Waals surface area contributed by atoms with Crippen molar-refractivity contribution in [3.63, 3.8) is 0 Å². The molecule has 0 spiro atoms. The highest BCUT2D eigenvalue weighted by Crippen LogP contribution is 1.97. The van der Waals surface area contributed by atoms with E-state index in [1.165, 1.54) is 0 Å². The summed E-state index contributed by atoms with van der Waals surface area (Å²) >= 11 is 0. The van der Waals surface area contributed by atoms with Gasteiger partial charge in [0, 0.05) is 12.1 Å². The summed E-state index contributed by atoms with van der Waals surface area (Å²) in [5.74, 6) is -1.31. The molecule has 0 radical (unpaired) electrons. The Labute approximate surface area is 123 Å². The maximum absolute atomic E-state index is 11.7. The first-order chi connectivity index (χ1) is 9.94. The molecule has 0 saturated carbocycles. The number of esters is 1. The lowest BCUT2D eigenvalue weighted by atomic mass is 10.2. The van der Waals surface area contributed by atoms with Crippen molar-refractivity contribution in [1.29, 1.82) is 0 Å². The molecule has 1 rings (SSSR count). The van der Waals surface area contributed by atoms with E-state index in [0.717, 1.165) is 0 Å². The number of hydrogen-bond acceptors (Lipinski definition) is 5. The second kappa shape index (κ2) is 8.38. The van der Waals surface area contributed by atoms with Gasteiger partial charge in [0.25, 0.3) is 5.91 Å². The second-order valence-electron chi connectivity index (χ2n) is 4.07. The van der Waals surface area contributed by atoms with E-state index in [2.05, 4.69) is 14.8 Å². The fourth-order valence-electron chi connectivity index (χ4n) is 1.44. The van der Waals surface area contributed by atoms with Crippen molar-refractivity contribution >= 4 is 21.9 Å². The van der Waals surface area contributed by atoms with E-state index in [9.17, 15) is 18.0 Å². The van der Waals surface area contributed by atoms with Crippen molar-refractivity contribution in [3.8, 4) is 0 Å².